The van der Waals surface area contributed by atoms with Crippen molar-refractivity contribution in [2.75, 3.05) is 32.5 Å². The number of carbonyl (C=O) groups excluding carboxylic acids is 1. The Morgan fingerprint density at radius 3 is 3.00 bits per heavy atom. The van der Waals surface area contributed by atoms with Gasteiger partial charge in [0, 0.05) is 32.0 Å². The number of anilines is 1. The average molecular weight is 278 g/mol. The molecule has 1 aromatic carbocycles. The van der Waals surface area contributed by atoms with Crippen LogP contribution in [0.25, 0.3) is 0 Å². The molecule has 0 saturated carbocycles. The first-order valence-corrected chi connectivity index (χ1v) is 6.84. The summed E-state index contributed by atoms with van der Waals surface area (Å²) in [6.07, 6.45) is 1.93. The number of likely N-dealkylation sites (tertiary alicyclic amines) is 1. The Morgan fingerprint density at radius 2 is 2.30 bits per heavy atom. The number of ether oxygens (including phenoxy) is 2. The van der Waals surface area contributed by atoms with Gasteiger partial charge in [-0.1, -0.05) is 6.07 Å². The summed E-state index contributed by atoms with van der Waals surface area (Å²) in [7, 11) is 1.69. The molecule has 20 heavy (non-hydrogen) atoms. The molecule has 0 aliphatic carbocycles. The van der Waals surface area contributed by atoms with Crippen LogP contribution in [0.15, 0.2) is 24.3 Å². The number of methoxy groups -OCH3 is 1. The highest BCUT2D eigenvalue weighted by molar-refractivity contribution is 5.78. The lowest BCUT2D eigenvalue weighted by atomic mass is 9.95. The van der Waals surface area contributed by atoms with E-state index < -0.39 is 0 Å². The van der Waals surface area contributed by atoms with Crippen LogP contribution in [0.4, 0.5) is 5.69 Å². The molecule has 1 atom stereocenters. The van der Waals surface area contributed by atoms with E-state index in [4.69, 9.17) is 15.2 Å². The topological polar surface area (TPSA) is 64.8 Å². The van der Waals surface area contributed by atoms with E-state index in [0.29, 0.717) is 18.0 Å². The molecule has 2 rings (SSSR count). The fourth-order valence-electron chi connectivity index (χ4n) is 2.43. The number of amides is 1. The number of hydrogen-bond acceptors (Lipinski definition) is 4. The van der Waals surface area contributed by atoms with Crippen LogP contribution in [-0.4, -0.2) is 43.2 Å². The molecule has 5 nitrogen and oxygen atoms in total. The standard InChI is InChI=1S/C15H22N2O3/c1-15(19-2)7-4-8-17(11-15)14(18)10-20-13-6-3-5-12(16)9-13/h3,5-6,9H,4,7-8,10-11,16H2,1-2H3. The van der Waals surface area contributed by atoms with E-state index >= 15 is 0 Å². The molecular weight excluding hydrogens is 256 g/mol. The summed E-state index contributed by atoms with van der Waals surface area (Å²) in [5.41, 5.74) is 6.05. The minimum Gasteiger partial charge on any atom is -0.484 e. The first-order chi connectivity index (χ1) is 9.52. The third-order valence-corrected chi connectivity index (χ3v) is 3.72. The summed E-state index contributed by atoms with van der Waals surface area (Å²) in [6, 6.07) is 7.09. The van der Waals surface area contributed by atoms with Crippen LogP contribution in [0.3, 0.4) is 0 Å². The Labute approximate surface area is 119 Å². The van der Waals surface area contributed by atoms with E-state index in [9.17, 15) is 4.79 Å². The Bertz CT molecular complexity index is 478. The molecule has 110 valence electrons. The lowest BCUT2D eigenvalue weighted by Gasteiger charge is -2.39. The van der Waals surface area contributed by atoms with E-state index in [1.54, 1.807) is 36.3 Å². The van der Waals surface area contributed by atoms with E-state index in [-0.39, 0.29) is 18.1 Å². The Kier molecular flexibility index (Phi) is 4.49. The molecule has 0 bridgehead atoms. The minimum atomic E-state index is -0.245. The van der Waals surface area contributed by atoms with Gasteiger partial charge in [0.2, 0.25) is 0 Å². The van der Waals surface area contributed by atoms with Crippen LogP contribution in [0, 0.1) is 0 Å². The molecular formula is C15H22N2O3. The summed E-state index contributed by atoms with van der Waals surface area (Å²) in [5.74, 6) is 0.597. The van der Waals surface area contributed by atoms with E-state index in [0.717, 1.165) is 19.4 Å². The normalized spacial score (nSPS) is 22.6. The monoisotopic (exact) mass is 278 g/mol. The van der Waals surface area contributed by atoms with Gasteiger partial charge >= 0.3 is 0 Å². The summed E-state index contributed by atoms with van der Waals surface area (Å²) in [6.45, 7) is 3.44. The van der Waals surface area contributed by atoms with Gasteiger partial charge in [0.25, 0.3) is 5.91 Å². The number of benzene rings is 1. The number of rotatable bonds is 4. The van der Waals surface area contributed by atoms with Crippen molar-refractivity contribution in [3.05, 3.63) is 24.3 Å². The van der Waals surface area contributed by atoms with E-state index in [1.165, 1.54) is 0 Å². The maximum absolute atomic E-state index is 12.2. The summed E-state index contributed by atoms with van der Waals surface area (Å²) in [4.78, 5) is 14.0. The second kappa shape index (κ2) is 6.13. The zero-order valence-electron chi connectivity index (χ0n) is 12.1. The molecule has 5 heteroatoms. The molecule has 0 spiro atoms. The predicted molar refractivity (Wildman–Crippen MR) is 77.6 cm³/mol. The van der Waals surface area contributed by atoms with Gasteiger partial charge in [0.1, 0.15) is 5.75 Å². The fourth-order valence-corrected chi connectivity index (χ4v) is 2.43. The summed E-state index contributed by atoms with van der Waals surface area (Å²) >= 11 is 0. The number of piperidine rings is 1. The molecule has 1 heterocycles. The predicted octanol–water partition coefficient (Wildman–Crippen LogP) is 1.68. The number of nitrogens with two attached hydrogens (primary N) is 1. The van der Waals surface area contributed by atoms with Gasteiger partial charge in [-0.25, -0.2) is 0 Å². The van der Waals surface area contributed by atoms with Crippen molar-refractivity contribution in [1.82, 2.24) is 4.90 Å². The van der Waals surface area contributed by atoms with Crippen LogP contribution < -0.4 is 10.5 Å². The summed E-state index contributed by atoms with van der Waals surface area (Å²) < 4.78 is 11.0. The van der Waals surface area contributed by atoms with Crippen molar-refractivity contribution < 1.29 is 14.3 Å². The highest BCUT2D eigenvalue weighted by Gasteiger charge is 2.32. The largest absolute Gasteiger partial charge is 0.484 e. The van der Waals surface area contributed by atoms with E-state index in [2.05, 4.69) is 0 Å². The van der Waals surface area contributed by atoms with Gasteiger partial charge in [0.05, 0.1) is 5.60 Å². The highest BCUT2D eigenvalue weighted by atomic mass is 16.5. The second-order valence-electron chi connectivity index (χ2n) is 5.43. The van der Waals surface area contributed by atoms with Gasteiger partial charge < -0.3 is 20.1 Å². The van der Waals surface area contributed by atoms with Gasteiger partial charge in [-0.15, -0.1) is 0 Å². The van der Waals surface area contributed by atoms with Crippen LogP contribution in [0.2, 0.25) is 0 Å². The van der Waals surface area contributed by atoms with Crippen LogP contribution >= 0.6 is 0 Å². The van der Waals surface area contributed by atoms with Crippen molar-refractivity contribution in [3.63, 3.8) is 0 Å². The van der Waals surface area contributed by atoms with Gasteiger partial charge in [-0.2, -0.15) is 0 Å². The zero-order valence-corrected chi connectivity index (χ0v) is 12.1. The van der Waals surface area contributed by atoms with Crippen LogP contribution in [0.1, 0.15) is 19.8 Å². The van der Waals surface area contributed by atoms with Crippen molar-refractivity contribution in [3.8, 4) is 5.75 Å². The molecule has 0 aromatic heterocycles. The lowest BCUT2D eigenvalue weighted by molar-refractivity contribution is -0.141. The Hall–Kier alpha value is -1.75. The molecule has 2 N–H and O–H groups in total. The van der Waals surface area contributed by atoms with Gasteiger partial charge in [-0.05, 0) is 31.9 Å². The summed E-state index contributed by atoms with van der Waals surface area (Å²) in [5, 5.41) is 0. The second-order valence-corrected chi connectivity index (χ2v) is 5.43. The minimum absolute atomic E-state index is 0.0181. The van der Waals surface area contributed by atoms with Crippen LogP contribution in [0.5, 0.6) is 5.75 Å². The maximum atomic E-state index is 12.2. The molecule has 1 aromatic rings. The third kappa shape index (κ3) is 3.63. The Balaban J connectivity index is 1.88. The SMILES string of the molecule is COC1(C)CCCN(C(=O)COc2cccc(N)c2)C1. The van der Waals surface area contributed by atoms with E-state index in [1.807, 2.05) is 6.92 Å². The van der Waals surface area contributed by atoms with Crippen molar-refractivity contribution >= 4 is 11.6 Å². The quantitative estimate of drug-likeness (QED) is 0.851. The molecule has 1 saturated heterocycles. The lowest BCUT2D eigenvalue weighted by Crippen LogP contribution is -2.50. The van der Waals surface area contributed by atoms with Crippen molar-refractivity contribution in [1.29, 1.82) is 0 Å². The maximum Gasteiger partial charge on any atom is 0.260 e. The molecule has 0 radical (unpaired) electrons. The highest BCUT2D eigenvalue weighted by Crippen LogP contribution is 2.24. The average Bonchev–Trinajstić information content (AvgIpc) is 2.45. The first kappa shape index (κ1) is 14.7. The molecule has 1 fully saturated rings. The molecule has 1 aliphatic heterocycles. The third-order valence-electron chi connectivity index (χ3n) is 3.72. The first-order valence-electron chi connectivity index (χ1n) is 6.84. The Morgan fingerprint density at radius 1 is 1.50 bits per heavy atom. The number of nitrogen functional groups attached to an aromatic ring is 1. The zero-order chi connectivity index (χ0) is 14.6. The number of nitrogens with zero attached hydrogens (tertiary/aromatic N) is 1. The van der Waals surface area contributed by atoms with Crippen LogP contribution in [-0.2, 0) is 9.53 Å². The number of carbonyl (C=O) groups is 1. The van der Waals surface area contributed by atoms with Crippen molar-refractivity contribution in [2.45, 2.75) is 25.4 Å². The van der Waals surface area contributed by atoms with Crippen molar-refractivity contribution in [2.24, 2.45) is 0 Å². The molecule has 1 unspecified atom stereocenters. The number of hydrogen-bond donors (Lipinski definition) is 1. The smallest absolute Gasteiger partial charge is 0.260 e. The van der Waals surface area contributed by atoms with Gasteiger partial charge in [0.15, 0.2) is 6.61 Å². The van der Waals surface area contributed by atoms with Gasteiger partial charge in [-0.3, -0.25) is 4.79 Å². The fraction of sp³-hybridized carbons (Fsp3) is 0.533. The molecule has 1 aliphatic rings. The molecule has 1 amide bonds.